The fourth-order valence-electron chi connectivity index (χ4n) is 6.78. The molecule has 6 amide bonds. The van der Waals surface area contributed by atoms with Crippen LogP contribution < -0.4 is 26.6 Å². The molecule has 0 bridgehead atoms. The molecular weight excluding hydrogens is 835 g/mol. The molecule has 60 heavy (non-hydrogen) atoms. The Morgan fingerprint density at radius 3 is 2.48 bits per heavy atom. The zero-order valence-corrected chi connectivity index (χ0v) is 36.5. The van der Waals surface area contributed by atoms with Gasteiger partial charge < -0.3 is 40.1 Å². The third-order valence-electron chi connectivity index (χ3n) is 10.2. The Bertz CT molecular complexity index is 1990. The predicted octanol–water partition coefficient (Wildman–Crippen LogP) is 2.25. The van der Waals surface area contributed by atoms with E-state index in [-0.39, 0.29) is 73.5 Å². The number of carbonyl (C=O) groups is 6. The summed E-state index contributed by atoms with van der Waals surface area (Å²) in [6, 6.07) is -0.673. The first-order chi connectivity index (χ1) is 28.8. The number of nitrogens with one attached hydrogen (secondary N) is 5. The number of thioether (sulfide) groups is 1. The van der Waals surface area contributed by atoms with Gasteiger partial charge in [0.15, 0.2) is 5.13 Å². The molecule has 2 saturated heterocycles. The molecule has 3 aliphatic rings. The van der Waals surface area contributed by atoms with Gasteiger partial charge in [-0.15, -0.1) is 23.1 Å². The highest BCUT2D eigenvalue weighted by Crippen LogP contribution is 2.34. The Kier molecular flexibility index (Phi) is 16.2. The highest BCUT2D eigenvalue weighted by Gasteiger charge is 2.40. The number of fused-ring (bicyclic) bond motifs is 1. The molecule has 3 aliphatic heterocycles. The van der Waals surface area contributed by atoms with Crippen molar-refractivity contribution in [3.05, 3.63) is 45.4 Å². The molecule has 5 N–H and O–H groups in total. The Hall–Kier alpha value is -4.25. The van der Waals surface area contributed by atoms with Crippen LogP contribution in [0.15, 0.2) is 26.4 Å². The number of amides is 6. The summed E-state index contributed by atoms with van der Waals surface area (Å²) in [7, 11) is 0. The minimum absolute atomic E-state index is 0.0496. The molecule has 2 fully saturated rings. The number of piperidine rings is 2. The van der Waals surface area contributed by atoms with Crippen LogP contribution in [-0.2, 0) is 57.7 Å². The Morgan fingerprint density at radius 1 is 0.983 bits per heavy atom. The molecule has 0 radical (unpaired) electrons. The Morgan fingerprint density at radius 2 is 1.75 bits per heavy atom. The number of thiazole rings is 1. The number of hydrogen-bond acceptors (Lipinski definition) is 16. The number of anilines is 1. The smallest absolute Gasteiger partial charge is 0.256 e. The van der Waals surface area contributed by atoms with E-state index in [0.29, 0.717) is 94.2 Å². The van der Waals surface area contributed by atoms with Crippen LogP contribution in [0.25, 0.3) is 0 Å². The molecule has 0 saturated carbocycles. The van der Waals surface area contributed by atoms with Crippen molar-refractivity contribution in [1.82, 2.24) is 41.0 Å². The number of carbonyl (C=O) groups excluding carboxylic acids is 6. The van der Waals surface area contributed by atoms with Gasteiger partial charge in [0.25, 0.3) is 5.91 Å². The maximum atomic E-state index is 12.9. The Labute approximate surface area is 360 Å². The maximum absolute atomic E-state index is 12.9. The summed E-state index contributed by atoms with van der Waals surface area (Å²) in [5.41, 5.74) is 1.25. The van der Waals surface area contributed by atoms with Crippen molar-refractivity contribution in [2.45, 2.75) is 81.0 Å². The van der Waals surface area contributed by atoms with Crippen molar-refractivity contribution in [2.75, 3.05) is 71.0 Å². The first-order valence-corrected chi connectivity index (χ1v) is 22.7. The average Bonchev–Trinajstić information content (AvgIpc) is 4.02. The zero-order chi connectivity index (χ0) is 42.6. The van der Waals surface area contributed by atoms with Gasteiger partial charge in [0.05, 0.1) is 74.0 Å². The second-order valence-electron chi connectivity index (χ2n) is 15.7. The molecule has 1 atom stereocenters. The lowest BCUT2D eigenvalue weighted by atomic mass is 9.94. The molecule has 0 aromatic carbocycles. The van der Waals surface area contributed by atoms with Crippen molar-refractivity contribution in [3.63, 3.8) is 0 Å². The van der Waals surface area contributed by atoms with Gasteiger partial charge >= 0.3 is 0 Å². The normalized spacial score (nSPS) is 17.5. The van der Waals surface area contributed by atoms with E-state index in [1.807, 2.05) is 0 Å². The van der Waals surface area contributed by atoms with E-state index in [1.165, 1.54) is 27.6 Å². The van der Waals surface area contributed by atoms with Gasteiger partial charge in [-0.2, -0.15) is 0 Å². The summed E-state index contributed by atoms with van der Waals surface area (Å²) >= 11 is 4.39. The largest absolute Gasteiger partial charge is 0.444 e. The highest BCUT2D eigenvalue weighted by molar-refractivity contribution is 8.00. The average molecular weight is 888 g/mol. The van der Waals surface area contributed by atoms with E-state index < -0.39 is 11.9 Å². The number of ether oxygens (including phenoxy) is 2. The van der Waals surface area contributed by atoms with Crippen LogP contribution in [0.1, 0.15) is 78.9 Å². The van der Waals surface area contributed by atoms with E-state index in [4.69, 9.17) is 13.9 Å². The van der Waals surface area contributed by atoms with Gasteiger partial charge in [-0.05, 0) is 37.9 Å². The summed E-state index contributed by atoms with van der Waals surface area (Å²) in [6.45, 7) is 10.8. The van der Waals surface area contributed by atoms with Gasteiger partial charge in [-0.1, -0.05) is 32.1 Å². The first kappa shape index (κ1) is 45.3. The predicted molar refractivity (Wildman–Crippen MR) is 224 cm³/mol. The van der Waals surface area contributed by atoms with Crippen LogP contribution >= 0.6 is 34.4 Å². The summed E-state index contributed by atoms with van der Waals surface area (Å²) in [5, 5.41) is 16.3. The van der Waals surface area contributed by atoms with Crippen LogP contribution in [0.2, 0.25) is 0 Å². The lowest BCUT2D eigenvalue weighted by Crippen LogP contribution is -2.52. The molecule has 326 valence electrons. The van der Waals surface area contributed by atoms with Gasteiger partial charge in [-0.25, -0.2) is 9.97 Å². The molecule has 6 rings (SSSR count). The third kappa shape index (κ3) is 12.9. The molecule has 21 heteroatoms. The van der Waals surface area contributed by atoms with E-state index in [0.717, 1.165) is 20.4 Å². The van der Waals surface area contributed by atoms with Crippen LogP contribution in [0.5, 0.6) is 0 Å². The molecule has 0 spiro atoms. The molecule has 1 unspecified atom stereocenters. The van der Waals surface area contributed by atoms with Crippen molar-refractivity contribution >= 4 is 75.0 Å². The minimum atomic E-state index is -0.673. The van der Waals surface area contributed by atoms with Crippen molar-refractivity contribution in [1.29, 1.82) is 0 Å². The molecule has 18 nitrogen and oxygen atoms in total. The second-order valence-corrected chi connectivity index (χ2v) is 18.9. The number of nitrogens with zero attached hydrogens (tertiary/aromatic N) is 4. The zero-order valence-electron chi connectivity index (χ0n) is 34.1. The van der Waals surface area contributed by atoms with Crippen LogP contribution in [0.4, 0.5) is 5.13 Å². The number of likely N-dealkylation sites (tertiary alicyclic amines) is 1. The summed E-state index contributed by atoms with van der Waals surface area (Å²) < 4.78 is 17.9. The highest BCUT2D eigenvalue weighted by atomic mass is 32.2. The van der Waals surface area contributed by atoms with E-state index in [9.17, 15) is 28.8 Å². The number of thiophene rings is 1. The van der Waals surface area contributed by atoms with E-state index in [2.05, 4.69) is 62.2 Å². The molecule has 3 aromatic rings. The topological polar surface area (TPSA) is 226 Å². The number of rotatable bonds is 21. The monoisotopic (exact) mass is 887 g/mol. The summed E-state index contributed by atoms with van der Waals surface area (Å²) in [4.78, 5) is 87.6. The van der Waals surface area contributed by atoms with Crippen LogP contribution in [0.3, 0.4) is 0 Å². The quantitative estimate of drug-likeness (QED) is 0.0588. The van der Waals surface area contributed by atoms with Crippen LogP contribution in [0, 0.1) is 5.92 Å². The van der Waals surface area contributed by atoms with Gasteiger partial charge in [0.2, 0.25) is 35.4 Å². The molecule has 0 aliphatic carbocycles. The van der Waals surface area contributed by atoms with Crippen molar-refractivity contribution in [2.24, 2.45) is 5.92 Å². The van der Waals surface area contributed by atoms with E-state index >= 15 is 0 Å². The second kappa shape index (κ2) is 21.5. The van der Waals surface area contributed by atoms with Crippen molar-refractivity contribution < 1.29 is 42.7 Å². The lowest BCUT2D eigenvalue weighted by molar-refractivity contribution is -0.137. The van der Waals surface area contributed by atoms with Gasteiger partial charge in [-0.3, -0.25) is 39.0 Å². The fraction of sp³-hybridized carbons (Fsp3) is 0.590. The number of imide groups is 1. The number of aromatic nitrogens is 2. The molecule has 3 aromatic heterocycles. The van der Waals surface area contributed by atoms with E-state index in [1.54, 1.807) is 29.5 Å². The standard InChI is InChI=1S/C39H53N9O9S3/c1-39(2,3)29-17-43-33(57-29)23-59-34-19-44-38(60-34)46-35(52)24-6-10-47(11-7-24)21-32(51)41-9-13-56-15-14-55-12-8-40-18-31(50)42-16-28-25-20-48(37(54)26(25)22-58-28)27-4-5-30(49)45-36(27)53/h17,19,22,24,27,40H,4-16,18,20-21,23H2,1-3H3,(H,41,51)(H,42,50)(H,44,46,52)(H,45,49,53). The Balaban J connectivity index is 0.733. The summed E-state index contributed by atoms with van der Waals surface area (Å²) in [5.74, 6) is 0.591. The number of oxazole rings is 1. The lowest BCUT2D eigenvalue weighted by Gasteiger charge is -2.30. The molecule has 6 heterocycles. The third-order valence-corrected chi connectivity index (χ3v) is 13.3. The maximum Gasteiger partial charge on any atom is 0.256 e. The first-order valence-electron chi connectivity index (χ1n) is 20.0. The van der Waals surface area contributed by atoms with Gasteiger partial charge in [0, 0.05) is 47.6 Å². The SMILES string of the molecule is CC(C)(C)c1cnc(CSc2cnc(NC(=O)C3CCN(CC(=O)NCCOCCOCCNCC(=O)NCc4scc5c4CN(C4CCC(=O)NC4=O)C5=O)CC3)s2)o1. The van der Waals surface area contributed by atoms with Gasteiger partial charge in [0.1, 0.15) is 11.8 Å². The number of hydrogen-bond donors (Lipinski definition) is 5. The van der Waals surface area contributed by atoms with Crippen LogP contribution in [-0.4, -0.2) is 127 Å². The molecular formula is C39H53N9O9S3. The minimum Gasteiger partial charge on any atom is -0.444 e. The summed E-state index contributed by atoms with van der Waals surface area (Å²) in [6.07, 6.45) is 5.34. The van der Waals surface area contributed by atoms with Crippen molar-refractivity contribution in [3.8, 4) is 0 Å². The fourth-order valence-corrected chi connectivity index (χ4v) is 9.49.